The Balaban J connectivity index is 3.42. The highest BCUT2D eigenvalue weighted by Gasteiger charge is 2.14. The molecule has 5 N–H and O–H groups in total. The molecule has 1 aromatic carbocycles. The zero-order chi connectivity index (χ0) is 11.6. The molecule has 84 valence electrons. The monoisotopic (exact) mass is 229 g/mol. The fourth-order valence-electron chi connectivity index (χ4n) is 1.38. The second-order valence-corrected chi connectivity index (χ2v) is 4.80. The Hall–Kier alpha value is -1.27. The first kappa shape index (κ1) is 11.8. The summed E-state index contributed by atoms with van der Waals surface area (Å²) < 4.78 is 22.5. The van der Waals surface area contributed by atoms with Crippen LogP contribution >= 0.6 is 0 Å². The number of nitrogens with two attached hydrogens (primary N) is 2. The number of anilines is 2. The Kier molecular flexibility index (Phi) is 3.21. The summed E-state index contributed by atoms with van der Waals surface area (Å²) in [5, 5.41) is 8.11. The lowest BCUT2D eigenvalue weighted by atomic mass is 10.2. The van der Waals surface area contributed by atoms with Gasteiger partial charge in [0.1, 0.15) is 0 Å². The molecule has 0 aliphatic rings. The van der Waals surface area contributed by atoms with Gasteiger partial charge in [0.05, 0.1) is 4.90 Å². The minimum atomic E-state index is -3.72. The molecule has 15 heavy (non-hydrogen) atoms. The standard InChI is InChI=1S/C9H15N3O2S/c1-3-12-8-4-7(10)5-9(6(8)2)15(11,13)14/h4-5,12H,3,10H2,1-2H3,(H2,11,13,14). The van der Waals surface area contributed by atoms with Crippen LogP contribution in [0.2, 0.25) is 0 Å². The van der Waals surface area contributed by atoms with Crippen molar-refractivity contribution in [2.24, 2.45) is 5.14 Å². The fourth-order valence-corrected chi connectivity index (χ4v) is 2.22. The third kappa shape index (κ3) is 2.60. The molecule has 0 amide bonds. The summed E-state index contributed by atoms with van der Waals surface area (Å²) in [5.41, 5.74) is 7.26. The van der Waals surface area contributed by atoms with Gasteiger partial charge in [0.2, 0.25) is 10.0 Å². The molecule has 0 spiro atoms. The minimum absolute atomic E-state index is 0.0680. The quantitative estimate of drug-likeness (QED) is 0.663. The molecule has 0 aliphatic heterocycles. The molecule has 6 heteroatoms. The van der Waals surface area contributed by atoms with E-state index < -0.39 is 10.0 Å². The maximum atomic E-state index is 11.3. The number of nitrogens with one attached hydrogen (secondary N) is 1. The van der Waals surface area contributed by atoms with E-state index in [1.807, 2.05) is 6.92 Å². The van der Waals surface area contributed by atoms with Gasteiger partial charge in [-0.25, -0.2) is 13.6 Å². The molecular formula is C9H15N3O2S. The number of hydrogen-bond donors (Lipinski definition) is 3. The number of hydrogen-bond acceptors (Lipinski definition) is 4. The molecule has 0 fully saturated rings. The molecule has 0 heterocycles. The van der Waals surface area contributed by atoms with Crippen LogP contribution in [-0.2, 0) is 10.0 Å². The van der Waals surface area contributed by atoms with Crippen molar-refractivity contribution in [3.8, 4) is 0 Å². The summed E-state index contributed by atoms with van der Waals surface area (Å²) in [6.45, 7) is 4.30. The van der Waals surface area contributed by atoms with Crippen molar-refractivity contribution in [3.05, 3.63) is 17.7 Å². The van der Waals surface area contributed by atoms with E-state index in [0.29, 0.717) is 23.5 Å². The normalized spacial score (nSPS) is 11.4. The number of benzene rings is 1. The lowest BCUT2D eigenvalue weighted by molar-refractivity contribution is 0.597. The van der Waals surface area contributed by atoms with Gasteiger partial charge in [-0.15, -0.1) is 0 Å². The maximum absolute atomic E-state index is 11.3. The van der Waals surface area contributed by atoms with Gasteiger partial charge < -0.3 is 11.1 Å². The zero-order valence-electron chi connectivity index (χ0n) is 8.74. The molecule has 0 aliphatic carbocycles. The average Bonchev–Trinajstić information content (AvgIpc) is 2.09. The first-order chi connectivity index (χ1) is 6.86. The van der Waals surface area contributed by atoms with Crippen LogP contribution in [-0.4, -0.2) is 15.0 Å². The fraction of sp³-hybridized carbons (Fsp3) is 0.333. The number of nitrogen functional groups attached to an aromatic ring is 1. The van der Waals surface area contributed by atoms with Crippen molar-refractivity contribution in [3.63, 3.8) is 0 Å². The summed E-state index contributed by atoms with van der Waals surface area (Å²) in [6.07, 6.45) is 0. The molecule has 0 radical (unpaired) electrons. The Morgan fingerprint density at radius 3 is 2.47 bits per heavy atom. The Morgan fingerprint density at radius 2 is 2.00 bits per heavy atom. The molecule has 0 bridgehead atoms. The van der Waals surface area contributed by atoms with Crippen LogP contribution < -0.4 is 16.2 Å². The van der Waals surface area contributed by atoms with E-state index in [9.17, 15) is 8.42 Å². The van der Waals surface area contributed by atoms with Crippen molar-refractivity contribution in [1.82, 2.24) is 0 Å². The van der Waals surface area contributed by atoms with Crippen LogP contribution in [0.5, 0.6) is 0 Å². The smallest absolute Gasteiger partial charge is 0.238 e. The third-order valence-corrected chi connectivity index (χ3v) is 3.09. The summed E-state index contributed by atoms with van der Waals surface area (Å²) >= 11 is 0. The predicted molar refractivity (Wildman–Crippen MR) is 61.1 cm³/mol. The largest absolute Gasteiger partial charge is 0.399 e. The summed E-state index contributed by atoms with van der Waals surface area (Å²) in [7, 11) is -3.72. The Bertz CT molecular complexity index is 468. The van der Waals surface area contributed by atoms with Crippen LogP contribution in [0.3, 0.4) is 0 Å². The first-order valence-electron chi connectivity index (χ1n) is 4.53. The van der Waals surface area contributed by atoms with Crippen molar-refractivity contribution in [1.29, 1.82) is 0 Å². The summed E-state index contributed by atoms with van der Waals surface area (Å²) in [5.74, 6) is 0. The van der Waals surface area contributed by atoms with Gasteiger partial charge in [0, 0.05) is 17.9 Å². The van der Waals surface area contributed by atoms with E-state index in [0.717, 1.165) is 0 Å². The van der Waals surface area contributed by atoms with Gasteiger partial charge in [-0.1, -0.05) is 0 Å². The molecule has 0 atom stereocenters. The van der Waals surface area contributed by atoms with Crippen molar-refractivity contribution in [2.75, 3.05) is 17.6 Å². The maximum Gasteiger partial charge on any atom is 0.238 e. The number of rotatable bonds is 3. The molecule has 5 nitrogen and oxygen atoms in total. The minimum Gasteiger partial charge on any atom is -0.399 e. The predicted octanol–water partition coefficient (Wildman–Crippen LogP) is 0.656. The SMILES string of the molecule is CCNc1cc(N)cc(S(N)(=O)=O)c1C. The highest BCUT2D eigenvalue weighted by molar-refractivity contribution is 7.89. The van der Waals surface area contributed by atoms with Crippen molar-refractivity contribution >= 4 is 21.4 Å². The highest BCUT2D eigenvalue weighted by Crippen LogP contribution is 2.25. The van der Waals surface area contributed by atoms with Crippen LogP contribution in [0, 0.1) is 6.92 Å². The van der Waals surface area contributed by atoms with Crippen molar-refractivity contribution in [2.45, 2.75) is 18.7 Å². The van der Waals surface area contributed by atoms with Gasteiger partial charge in [-0.05, 0) is 31.5 Å². The second kappa shape index (κ2) is 4.08. The van der Waals surface area contributed by atoms with E-state index in [1.165, 1.54) is 6.07 Å². The van der Waals surface area contributed by atoms with Crippen LogP contribution in [0.1, 0.15) is 12.5 Å². The topological polar surface area (TPSA) is 98.2 Å². The van der Waals surface area contributed by atoms with Gasteiger partial charge in [0.25, 0.3) is 0 Å². The molecule has 1 rings (SSSR count). The molecule has 0 saturated carbocycles. The average molecular weight is 229 g/mol. The van der Waals surface area contributed by atoms with Crippen LogP contribution in [0.15, 0.2) is 17.0 Å². The second-order valence-electron chi connectivity index (χ2n) is 3.27. The van der Waals surface area contributed by atoms with E-state index in [2.05, 4.69) is 5.32 Å². The lowest BCUT2D eigenvalue weighted by Crippen LogP contribution is -2.15. The number of sulfonamides is 1. The summed E-state index contributed by atoms with van der Waals surface area (Å²) in [6, 6.07) is 3.05. The number of primary sulfonamides is 1. The van der Waals surface area contributed by atoms with Gasteiger partial charge in [-0.2, -0.15) is 0 Å². The molecular weight excluding hydrogens is 214 g/mol. The van der Waals surface area contributed by atoms with E-state index in [1.54, 1.807) is 13.0 Å². The molecule has 1 aromatic rings. The molecule has 0 unspecified atom stereocenters. The van der Waals surface area contributed by atoms with Gasteiger partial charge >= 0.3 is 0 Å². The van der Waals surface area contributed by atoms with Gasteiger partial charge in [-0.3, -0.25) is 0 Å². The van der Waals surface area contributed by atoms with Crippen molar-refractivity contribution < 1.29 is 8.42 Å². The Morgan fingerprint density at radius 1 is 1.40 bits per heavy atom. The van der Waals surface area contributed by atoms with Crippen LogP contribution in [0.4, 0.5) is 11.4 Å². The lowest BCUT2D eigenvalue weighted by Gasteiger charge is -2.12. The van der Waals surface area contributed by atoms with E-state index in [-0.39, 0.29) is 4.90 Å². The zero-order valence-corrected chi connectivity index (χ0v) is 9.56. The molecule has 0 saturated heterocycles. The highest BCUT2D eigenvalue weighted by atomic mass is 32.2. The summed E-state index contributed by atoms with van der Waals surface area (Å²) in [4.78, 5) is 0.0680. The van der Waals surface area contributed by atoms with E-state index >= 15 is 0 Å². The van der Waals surface area contributed by atoms with Gasteiger partial charge in [0.15, 0.2) is 0 Å². The Labute approximate surface area is 89.5 Å². The third-order valence-electron chi connectivity index (χ3n) is 2.06. The first-order valence-corrected chi connectivity index (χ1v) is 6.07. The van der Waals surface area contributed by atoms with Crippen LogP contribution in [0.25, 0.3) is 0 Å². The molecule has 0 aromatic heterocycles. The van der Waals surface area contributed by atoms with E-state index in [4.69, 9.17) is 10.9 Å².